The number of carbonyl (C=O) groups excluding carboxylic acids is 1. The second kappa shape index (κ2) is 11.3. The van der Waals surface area contributed by atoms with Crippen LogP contribution in [0, 0.1) is 12.7 Å². The fourth-order valence-corrected chi connectivity index (χ4v) is 6.18. The van der Waals surface area contributed by atoms with Crippen LogP contribution < -0.4 is 9.47 Å². The molecule has 1 aromatic heterocycles. The summed E-state index contributed by atoms with van der Waals surface area (Å²) in [6.07, 6.45) is 3.00. The molecule has 3 aliphatic heterocycles. The van der Waals surface area contributed by atoms with Gasteiger partial charge in [-0.15, -0.1) is 0 Å². The van der Waals surface area contributed by atoms with Crippen molar-refractivity contribution in [2.24, 2.45) is 0 Å². The minimum Gasteiger partial charge on any atom is -0.461 e. The van der Waals surface area contributed by atoms with Crippen molar-refractivity contribution in [1.82, 2.24) is 14.5 Å². The highest BCUT2D eigenvalue weighted by Gasteiger charge is 2.43. The zero-order chi connectivity index (χ0) is 28.7. The maximum absolute atomic E-state index is 14.8. The van der Waals surface area contributed by atoms with E-state index in [1.54, 1.807) is 26.0 Å². The van der Waals surface area contributed by atoms with Crippen LogP contribution in [0.3, 0.4) is 0 Å². The summed E-state index contributed by atoms with van der Waals surface area (Å²) in [6.45, 7) is 9.59. The van der Waals surface area contributed by atoms with Crippen molar-refractivity contribution in [3.8, 4) is 11.5 Å². The predicted molar refractivity (Wildman–Crippen MR) is 151 cm³/mol. The Labute approximate surface area is 244 Å². The summed E-state index contributed by atoms with van der Waals surface area (Å²) < 4.78 is 40.4. The quantitative estimate of drug-likeness (QED) is 0.302. The molecular formula is C31H35ClFN3O5. The number of aromatic nitrogens is 2. The Kier molecular flexibility index (Phi) is 7.70. The zero-order valence-electron chi connectivity index (χ0n) is 23.6. The van der Waals surface area contributed by atoms with Gasteiger partial charge in [-0.1, -0.05) is 23.7 Å². The zero-order valence-corrected chi connectivity index (χ0v) is 24.4. The van der Waals surface area contributed by atoms with E-state index in [0.29, 0.717) is 47.5 Å². The lowest BCUT2D eigenvalue weighted by Gasteiger charge is -2.33. The Bertz CT molecular complexity index is 1450. The van der Waals surface area contributed by atoms with Crippen LogP contribution in [0.5, 0.6) is 11.5 Å². The summed E-state index contributed by atoms with van der Waals surface area (Å²) in [7, 11) is 0. The predicted octanol–water partition coefficient (Wildman–Crippen LogP) is 5.97. The van der Waals surface area contributed by atoms with Crippen LogP contribution in [-0.2, 0) is 28.4 Å². The number of benzene rings is 2. The Morgan fingerprint density at radius 1 is 1.20 bits per heavy atom. The van der Waals surface area contributed by atoms with Crippen molar-refractivity contribution in [2.75, 3.05) is 26.3 Å². The molecular weight excluding hydrogens is 549 g/mol. The summed E-state index contributed by atoms with van der Waals surface area (Å²) in [5.41, 5.74) is 2.58. The maximum atomic E-state index is 14.8. The van der Waals surface area contributed by atoms with Crippen LogP contribution in [-0.4, -0.2) is 52.8 Å². The number of piperidine rings is 1. The molecule has 3 aliphatic rings. The van der Waals surface area contributed by atoms with Gasteiger partial charge in [0.2, 0.25) is 0 Å². The van der Waals surface area contributed by atoms with Gasteiger partial charge in [0, 0.05) is 29.8 Å². The first-order valence-electron chi connectivity index (χ1n) is 14.3. The Morgan fingerprint density at radius 2 is 1.98 bits per heavy atom. The molecule has 2 saturated heterocycles. The number of para-hydroxylation sites is 1. The van der Waals surface area contributed by atoms with Crippen LogP contribution in [0.2, 0.25) is 5.02 Å². The topological polar surface area (TPSA) is 75.0 Å². The Balaban J connectivity index is 1.16. The summed E-state index contributed by atoms with van der Waals surface area (Å²) in [5, 5.41) is 0.323. The lowest BCUT2D eigenvalue weighted by molar-refractivity contribution is -0.0712. The second-order valence-corrected chi connectivity index (χ2v) is 11.5. The molecule has 2 fully saturated rings. The first kappa shape index (κ1) is 28.0. The van der Waals surface area contributed by atoms with Gasteiger partial charge in [0.05, 0.1) is 31.4 Å². The lowest BCUT2D eigenvalue weighted by atomic mass is 9.88. The third kappa shape index (κ3) is 5.43. The number of carbonyl (C=O) groups is 1. The number of rotatable bonds is 8. The molecule has 0 spiro atoms. The lowest BCUT2D eigenvalue weighted by Crippen LogP contribution is -2.35. The number of halogens is 2. The molecule has 8 nitrogen and oxygen atoms in total. The molecule has 2 atom stereocenters. The molecule has 6 rings (SSSR count). The monoisotopic (exact) mass is 583 g/mol. The highest BCUT2D eigenvalue weighted by Crippen LogP contribution is 2.49. The fourth-order valence-electron chi connectivity index (χ4n) is 6.02. The number of esters is 1. The van der Waals surface area contributed by atoms with E-state index in [1.807, 2.05) is 19.1 Å². The van der Waals surface area contributed by atoms with Crippen molar-refractivity contribution in [1.29, 1.82) is 0 Å². The summed E-state index contributed by atoms with van der Waals surface area (Å²) in [5.74, 6) is 0.288. The number of likely N-dealkylation sites (tertiary alicyclic amines) is 1. The van der Waals surface area contributed by atoms with Gasteiger partial charge in [-0.2, -0.15) is 0 Å². The molecule has 0 bridgehead atoms. The molecule has 2 unspecified atom stereocenters. The number of hydrogen-bond donors (Lipinski definition) is 0. The first-order valence-corrected chi connectivity index (χ1v) is 14.7. The summed E-state index contributed by atoms with van der Waals surface area (Å²) in [6, 6.07) is 10.4. The summed E-state index contributed by atoms with van der Waals surface area (Å²) in [4.78, 5) is 19.7. The standard InChI is InChI=1S/C31H35ClFN3O5/c1-4-38-30(37)28-19(2)36(17-22-12-15-39-22)27(34-28)18-35-13-10-20(11-14-35)23-6-5-7-26-29(23)41-31(3,40-26)24-9-8-21(32)16-25(24)33/h5-9,16,20,22H,4,10-15,17-18H2,1-3H3. The van der Waals surface area contributed by atoms with Crippen molar-refractivity contribution >= 4 is 17.6 Å². The average molecular weight is 584 g/mol. The third-order valence-corrected chi connectivity index (χ3v) is 8.61. The van der Waals surface area contributed by atoms with Crippen molar-refractivity contribution < 1.29 is 28.1 Å². The maximum Gasteiger partial charge on any atom is 0.358 e. The fraction of sp³-hybridized carbons (Fsp3) is 0.484. The van der Waals surface area contributed by atoms with E-state index in [2.05, 4.69) is 15.5 Å². The average Bonchev–Trinajstić information content (AvgIpc) is 3.43. The van der Waals surface area contributed by atoms with Gasteiger partial charge < -0.3 is 23.5 Å². The van der Waals surface area contributed by atoms with Gasteiger partial charge in [0.15, 0.2) is 17.2 Å². The van der Waals surface area contributed by atoms with E-state index >= 15 is 0 Å². The number of imidazole rings is 1. The number of ether oxygens (including phenoxy) is 4. The van der Waals surface area contributed by atoms with Crippen LogP contribution in [0.15, 0.2) is 36.4 Å². The van der Waals surface area contributed by atoms with E-state index in [4.69, 9.17) is 35.5 Å². The molecule has 4 heterocycles. The molecule has 218 valence electrons. The number of fused-ring (bicyclic) bond motifs is 1. The normalized spacial score (nSPS) is 22.5. The first-order chi connectivity index (χ1) is 19.8. The molecule has 3 aromatic rings. The Hall–Kier alpha value is -3.14. The molecule has 0 aliphatic carbocycles. The SMILES string of the molecule is CCOC(=O)c1nc(CN2CCC(c3cccc4c3OC(C)(c3ccc(Cl)cc3F)O4)CC2)n(CC2CCO2)c1C. The largest absolute Gasteiger partial charge is 0.461 e. The Morgan fingerprint density at radius 3 is 2.66 bits per heavy atom. The van der Waals surface area contributed by atoms with Gasteiger partial charge in [-0.25, -0.2) is 14.2 Å². The van der Waals surface area contributed by atoms with Gasteiger partial charge >= 0.3 is 5.97 Å². The molecule has 0 N–H and O–H groups in total. The van der Waals surface area contributed by atoms with Gasteiger partial charge in [-0.3, -0.25) is 4.90 Å². The van der Waals surface area contributed by atoms with Crippen LogP contribution in [0.4, 0.5) is 4.39 Å². The molecule has 0 amide bonds. The molecule has 0 saturated carbocycles. The molecule has 2 aromatic carbocycles. The molecule has 0 radical (unpaired) electrons. The van der Waals surface area contributed by atoms with Crippen LogP contribution in [0.1, 0.15) is 72.2 Å². The van der Waals surface area contributed by atoms with Crippen LogP contribution in [0.25, 0.3) is 0 Å². The number of hydrogen-bond acceptors (Lipinski definition) is 7. The number of nitrogens with zero attached hydrogens (tertiary/aromatic N) is 3. The minimum absolute atomic E-state index is 0.150. The van der Waals surface area contributed by atoms with E-state index in [-0.39, 0.29) is 18.0 Å². The van der Waals surface area contributed by atoms with E-state index in [9.17, 15) is 9.18 Å². The smallest absolute Gasteiger partial charge is 0.358 e. The highest BCUT2D eigenvalue weighted by atomic mass is 35.5. The van der Waals surface area contributed by atoms with Gasteiger partial charge in [0.25, 0.3) is 5.79 Å². The molecule has 41 heavy (non-hydrogen) atoms. The third-order valence-electron chi connectivity index (χ3n) is 8.37. The second-order valence-electron chi connectivity index (χ2n) is 11.1. The van der Waals surface area contributed by atoms with Crippen molar-refractivity contribution in [2.45, 2.75) is 70.9 Å². The summed E-state index contributed by atoms with van der Waals surface area (Å²) >= 11 is 5.97. The van der Waals surface area contributed by atoms with E-state index in [0.717, 1.165) is 56.0 Å². The van der Waals surface area contributed by atoms with Crippen LogP contribution >= 0.6 is 11.6 Å². The highest BCUT2D eigenvalue weighted by molar-refractivity contribution is 6.30. The van der Waals surface area contributed by atoms with Gasteiger partial charge in [-0.05, 0) is 76.4 Å². The van der Waals surface area contributed by atoms with Gasteiger partial charge in [0.1, 0.15) is 11.6 Å². The minimum atomic E-state index is -1.27. The van der Waals surface area contributed by atoms with E-state index < -0.39 is 11.6 Å². The van der Waals surface area contributed by atoms with Crippen molar-refractivity contribution in [3.05, 3.63) is 75.6 Å². The molecule has 10 heteroatoms. The van der Waals surface area contributed by atoms with E-state index in [1.165, 1.54) is 6.07 Å². The van der Waals surface area contributed by atoms with Crippen molar-refractivity contribution in [3.63, 3.8) is 0 Å².